The van der Waals surface area contributed by atoms with Gasteiger partial charge in [-0.05, 0) is 25.0 Å². The fourth-order valence-corrected chi connectivity index (χ4v) is 3.36. The normalized spacial score (nSPS) is 24.2. The lowest BCUT2D eigenvalue weighted by atomic mass is 10.0. The van der Waals surface area contributed by atoms with Crippen LogP contribution in [0.3, 0.4) is 0 Å². The smallest absolute Gasteiger partial charge is 0.246 e. The summed E-state index contributed by atoms with van der Waals surface area (Å²) in [6.07, 6.45) is 6.68. The monoisotopic (exact) mass is 332 g/mol. The van der Waals surface area contributed by atoms with E-state index in [1.165, 1.54) is 6.08 Å². The number of rotatable bonds is 4. The van der Waals surface area contributed by atoms with E-state index >= 15 is 0 Å². The van der Waals surface area contributed by atoms with Gasteiger partial charge in [0.25, 0.3) is 0 Å². The number of likely N-dealkylation sites (tertiary alicyclic amines) is 2. The Hall–Kier alpha value is -2.15. The lowest BCUT2D eigenvalue weighted by Gasteiger charge is -2.19. The molecule has 130 valence electrons. The molecule has 0 aliphatic carbocycles. The molecule has 0 bridgehead atoms. The molecule has 0 radical (unpaired) electrons. The number of amides is 2. The van der Waals surface area contributed by atoms with Crippen LogP contribution in [-0.4, -0.2) is 68.8 Å². The van der Waals surface area contributed by atoms with E-state index in [0.717, 1.165) is 31.6 Å². The number of carbonyl (C=O) groups excluding carboxylic acids is 2. The van der Waals surface area contributed by atoms with Crippen LogP contribution < -0.4 is 0 Å². The van der Waals surface area contributed by atoms with Crippen molar-refractivity contribution in [3.63, 3.8) is 0 Å². The highest BCUT2D eigenvalue weighted by Gasteiger charge is 2.35. The molecule has 0 spiro atoms. The molecule has 2 amide bonds. The number of nitrogens with zero attached hydrogens (tertiary/aromatic N) is 4. The second-order valence-corrected chi connectivity index (χ2v) is 6.58. The summed E-state index contributed by atoms with van der Waals surface area (Å²) in [6, 6.07) is 1.82. The Morgan fingerprint density at radius 2 is 2.04 bits per heavy atom. The molecule has 1 aromatic heterocycles. The fraction of sp³-hybridized carbons (Fsp3) is 0.588. The van der Waals surface area contributed by atoms with Crippen LogP contribution in [0.1, 0.15) is 25.0 Å². The van der Waals surface area contributed by atoms with Gasteiger partial charge in [0.2, 0.25) is 11.8 Å². The van der Waals surface area contributed by atoms with Crippen LogP contribution in [0.5, 0.6) is 0 Å². The third kappa shape index (κ3) is 3.67. The van der Waals surface area contributed by atoms with E-state index in [9.17, 15) is 14.7 Å². The average molecular weight is 332 g/mol. The number of aliphatic hydroxyl groups excluding tert-OH is 1. The molecule has 3 heterocycles. The molecule has 1 N–H and O–H groups in total. The van der Waals surface area contributed by atoms with Crippen molar-refractivity contribution in [1.82, 2.24) is 19.6 Å². The van der Waals surface area contributed by atoms with E-state index in [0.29, 0.717) is 13.0 Å². The van der Waals surface area contributed by atoms with Crippen molar-refractivity contribution < 1.29 is 14.7 Å². The summed E-state index contributed by atoms with van der Waals surface area (Å²) in [5.41, 5.74) is 0.837. The molecule has 0 aromatic carbocycles. The minimum Gasteiger partial charge on any atom is -0.391 e. The number of aryl methyl sites for hydroxylation is 1. The number of hydrogen-bond donors (Lipinski definition) is 1. The van der Waals surface area contributed by atoms with Gasteiger partial charge in [-0.3, -0.25) is 14.3 Å². The molecule has 2 atom stereocenters. The number of hydrogen-bond acceptors (Lipinski definition) is 4. The van der Waals surface area contributed by atoms with Crippen LogP contribution in [0, 0.1) is 5.92 Å². The standard InChI is InChI=1S/C17H24N4O3/c1-19-14(6-7-18-19)4-5-16(23)21-11-13(15(22)12-21)10-17(24)20-8-2-3-9-20/h4-7,13,15,22H,2-3,8-12H2,1H3/b5-4+/t13-,15-/m0/s1. The van der Waals surface area contributed by atoms with Crippen LogP contribution in [0.25, 0.3) is 6.08 Å². The van der Waals surface area contributed by atoms with Crippen LogP contribution in [0.2, 0.25) is 0 Å². The van der Waals surface area contributed by atoms with E-state index in [1.807, 2.05) is 18.0 Å². The van der Waals surface area contributed by atoms with Gasteiger partial charge in [0.05, 0.1) is 11.8 Å². The van der Waals surface area contributed by atoms with Crippen molar-refractivity contribution in [3.8, 4) is 0 Å². The van der Waals surface area contributed by atoms with Crippen molar-refractivity contribution in [2.45, 2.75) is 25.4 Å². The first kappa shape index (κ1) is 16.7. The van der Waals surface area contributed by atoms with Gasteiger partial charge < -0.3 is 14.9 Å². The molecule has 7 nitrogen and oxygen atoms in total. The Morgan fingerprint density at radius 3 is 2.71 bits per heavy atom. The molecule has 2 aliphatic rings. The lowest BCUT2D eigenvalue weighted by Crippen LogP contribution is -2.32. The maximum Gasteiger partial charge on any atom is 0.246 e. The van der Waals surface area contributed by atoms with Gasteiger partial charge in [-0.2, -0.15) is 5.10 Å². The Balaban J connectivity index is 1.54. The van der Waals surface area contributed by atoms with Crippen molar-refractivity contribution in [1.29, 1.82) is 0 Å². The molecule has 3 rings (SSSR count). The highest BCUT2D eigenvalue weighted by atomic mass is 16.3. The highest BCUT2D eigenvalue weighted by Crippen LogP contribution is 2.23. The first-order valence-corrected chi connectivity index (χ1v) is 8.45. The molecular formula is C17H24N4O3. The summed E-state index contributed by atoms with van der Waals surface area (Å²) in [5.74, 6) is -0.227. The number of carbonyl (C=O) groups is 2. The predicted octanol–water partition coefficient (Wildman–Crippen LogP) is 0.265. The minimum atomic E-state index is -0.634. The van der Waals surface area contributed by atoms with Gasteiger partial charge in [0, 0.05) is 57.8 Å². The lowest BCUT2D eigenvalue weighted by molar-refractivity contribution is -0.132. The van der Waals surface area contributed by atoms with E-state index < -0.39 is 6.10 Å². The van der Waals surface area contributed by atoms with Crippen molar-refractivity contribution in [2.75, 3.05) is 26.2 Å². The van der Waals surface area contributed by atoms with Gasteiger partial charge in [-0.25, -0.2) is 0 Å². The summed E-state index contributed by atoms with van der Waals surface area (Å²) in [6.45, 7) is 2.34. The number of aliphatic hydroxyl groups is 1. The summed E-state index contributed by atoms with van der Waals surface area (Å²) in [5, 5.41) is 14.2. The van der Waals surface area contributed by atoms with Gasteiger partial charge in [-0.1, -0.05) is 0 Å². The molecule has 7 heteroatoms. The molecule has 1 aromatic rings. The Labute approximate surface area is 141 Å². The third-order valence-corrected chi connectivity index (χ3v) is 4.87. The topological polar surface area (TPSA) is 78.7 Å². The first-order valence-electron chi connectivity index (χ1n) is 8.45. The van der Waals surface area contributed by atoms with Crippen LogP contribution in [-0.2, 0) is 16.6 Å². The molecular weight excluding hydrogens is 308 g/mol. The molecule has 0 unspecified atom stereocenters. The van der Waals surface area contributed by atoms with Gasteiger partial charge in [-0.15, -0.1) is 0 Å². The summed E-state index contributed by atoms with van der Waals surface area (Å²) in [4.78, 5) is 28.0. The number of β-amino-alcohol motifs (C(OH)–C–C–N with tert-alkyl or cyclic N) is 1. The molecule has 2 saturated heterocycles. The van der Waals surface area contributed by atoms with Crippen LogP contribution in [0.4, 0.5) is 0 Å². The predicted molar refractivity (Wildman–Crippen MR) is 88.7 cm³/mol. The van der Waals surface area contributed by atoms with E-state index in [-0.39, 0.29) is 24.3 Å². The summed E-state index contributed by atoms with van der Waals surface area (Å²) < 4.78 is 1.68. The second-order valence-electron chi connectivity index (χ2n) is 6.58. The molecule has 2 fully saturated rings. The van der Waals surface area contributed by atoms with E-state index in [2.05, 4.69) is 5.10 Å². The Kier molecular flexibility index (Phi) is 4.99. The maximum atomic E-state index is 12.3. The van der Waals surface area contributed by atoms with E-state index in [1.54, 1.807) is 21.9 Å². The summed E-state index contributed by atoms with van der Waals surface area (Å²) >= 11 is 0. The third-order valence-electron chi connectivity index (χ3n) is 4.87. The van der Waals surface area contributed by atoms with E-state index in [4.69, 9.17) is 0 Å². The Morgan fingerprint density at radius 1 is 1.29 bits per heavy atom. The molecule has 2 aliphatic heterocycles. The average Bonchev–Trinajstić information content (AvgIpc) is 3.28. The maximum absolute atomic E-state index is 12.3. The quantitative estimate of drug-likeness (QED) is 0.803. The molecule has 0 saturated carbocycles. The zero-order valence-electron chi connectivity index (χ0n) is 14.0. The van der Waals surface area contributed by atoms with Crippen LogP contribution >= 0.6 is 0 Å². The Bertz CT molecular complexity index is 634. The zero-order valence-corrected chi connectivity index (χ0v) is 14.0. The zero-order chi connectivity index (χ0) is 17.1. The van der Waals surface area contributed by atoms with Crippen molar-refractivity contribution in [3.05, 3.63) is 24.0 Å². The summed E-state index contributed by atoms with van der Waals surface area (Å²) in [7, 11) is 1.81. The largest absolute Gasteiger partial charge is 0.391 e. The second kappa shape index (κ2) is 7.17. The highest BCUT2D eigenvalue weighted by molar-refractivity contribution is 5.91. The van der Waals surface area contributed by atoms with Crippen molar-refractivity contribution in [2.24, 2.45) is 13.0 Å². The first-order chi connectivity index (χ1) is 11.5. The van der Waals surface area contributed by atoms with Gasteiger partial charge in [0.1, 0.15) is 0 Å². The minimum absolute atomic E-state index is 0.0938. The van der Waals surface area contributed by atoms with Crippen LogP contribution in [0.15, 0.2) is 18.3 Å². The fourth-order valence-electron chi connectivity index (χ4n) is 3.36. The van der Waals surface area contributed by atoms with Crippen molar-refractivity contribution >= 4 is 17.9 Å². The molecule has 24 heavy (non-hydrogen) atoms. The van der Waals surface area contributed by atoms with Gasteiger partial charge in [0.15, 0.2) is 0 Å². The van der Waals surface area contributed by atoms with Gasteiger partial charge >= 0.3 is 0 Å². The number of aromatic nitrogens is 2. The SMILES string of the molecule is Cn1nccc1/C=C/C(=O)N1C[C@H](CC(=O)N2CCCC2)[C@@H](O)C1.